The number of nitrogens with one attached hydrogen (secondary N) is 1. The molecule has 0 fully saturated rings. The zero-order valence-corrected chi connectivity index (χ0v) is 12.4. The summed E-state index contributed by atoms with van der Waals surface area (Å²) in [7, 11) is 1.42. The molecule has 3 nitrogen and oxygen atoms in total. The van der Waals surface area contributed by atoms with Gasteiger partial charge < -0.3 is 10.1 Å². The second kappa shape index (κ2) is 7.82. The molecule has 0 amide bonds. The van der Waals surface area contributed by atoms with E-state index in [0.717, 1.165) is 19.5 Å². The molecule has 106 valence electrons. The Morgan fingerprint density at radius 3 is 2.80 bits per heavy atom. The molecular weight excluding hydrogens is 270 g/mol. The number of hydrogen-bond acceptors (Lipinski definition) is 4. The van der Waals surface area contributed by atoms with Crippen molar-refractivity contribution in [3.8, 4) is 11.1 Å². The standard InChI is InChI=1S/C16H19NO2S/c1-19-16(18)8-5-9-17-11-15-10-14(12-20-15)13-6-3-2-4-7-13/h2-4,6-7,10,12,17H,5,8-9,11H2,1H3. The van der Waals surface area contributed by atoms with Gasteiger partial charge in [-0.2, -0.15) is 0 Å². The number of methoxy groups -OCH3 is 1. The summed E-state index contributed by atoms with van der Waals surface area (Å²) in [6, 6.07) is 12.6. The van der Waals surface area contributed by atoms with Crippen molar-refractivity contribution in [2.45, 2.75) is 19.4 Å². The Morgan fingerprint density at radius 1 is 1.25 bits per heavy atom. The van der Waals surface area contributed by atoms with Crippen molar-refractivity contribution in [3.63, 3.8) is 0 Å². The highest BCUT2D eigenvalue weighted by atomic mass is 32.1. The Hall–Kier alpha value is -1.65. The molecule has 0 radical (unpaired) electrons. The Bertz CT molecular complexity index is 536. The molecule has 0 spiro atoms. The number of hydrogen-bond donors (Lipinski definition) is 1. The van der Waals surface area contributed by atoms with E-state index in [4.69, 9.17) is 0 Å². The minimum Gasteiger partial charge on any atom is -0.469 e. The fourth-order valence-electron chi connectivity index (χ4n) is 1.93. The number of esters is 1. The first-order valence-electron chi connectivity index (χ1n) is 6.70. The van der Waals surface area contributed by atoms with Crippen LogP contribution in [0.3, 0.4) is 0 Å². The maximum atomic E-state index is 11.0. The molecule has 0 bridgehead atoms. The molecule has 1 aromatic carbocycles. The van der Waals surface area contributed by atoms with Crippen molar-refractivity contribution in [2.24, 2.45) is 0 Å². The molecule has 2 aromatic rings. The van der Waals surface area contributed by atoms with Gasteiger partial charge in [0.15, 0.2) is 0 Å². The van der Waals surface area contributed by atoms with E-state index in [9.17, 15) is 4.79 Å². The number of rotatable bonds is 7. The maximum Gasteiger partial charge on any atom is 0.305 e. The van der Waals surface area contributed by atoms with Crippen LogP contribution in [0.2, 0.25) is 0 Å². The highest BCUT2D eigenvalue weighted by molar-refractivity contribution is 7.10. The lowest BCUT2D eigenvalue weighted by Gasteiger charge is -2.02. The summed E-state index contributed by atoms with van der Waals surface area (Å²) < 4.78 is 4.60. The highest BCUT2D eigenvalue weighted by Crippen LogP contribution is 2.25. The van der Waals surface area contributed by atoms with E-state index in [1.807, 2.05) is 6.07 Å². The molecule has 2 rings (SSSR count). The third-order valence-corrected chi connectivity index (χ3v) is 3.96. The summed E-state index contributed by atoms with van der Waals surface area (Å²) in [6.45, 7) is 1.67. The molecule has 1 heterocycles. The summed E-state index contributed by atoms with van der Waals surface area (Å²) in [5, 5.41) is 5.53. The van der Waals surface area contributed by atoms with Crippen LogP contribution in [0.5, 0.6) is 0 Å². The van der Waals surface area contributed by atoms with Crippen molar-refractivity contribution in [1.82, 2.24) is 5.32 Å². The Balaban J connectivity index is 1.75. The molecule has 0 saturated heterocycles. The quantitative estimate of drug-likeness (QED) is 0.626. The van der Waals surface area contributed by atoms with Gasteiger partial charge in [0.2, 0.25) is 0 Å². The van der Waals surface area contributed by atoms with Gasteiger partial charge in [0.1, 0.15) is 0 Å². The molecule has 0 aliphatic rings. The zero-order valence-electron chi connectivity index (χ0n) is 11.6. The van der Waals surface area contributed by atoms with Gasteiger partial charge in [-0.3, -0.25) is 4.79 Å². The van der Waals surface area contributed by atoms with E-state index in [-0.39, 0.29) is 5.97 Å². The molecule has 0 unspecified atom stereocenters. The van der Waals surface area contributed by atoms with Crippen LogP contribution in [0.1, 0.15) is 17.7 Å². The van der Waals surface area contributed by atoms with Gasteiger partial charge in [-0.05, 0) is 35.5 Å². The van der Waals surface area contributed by atoms with Gasteiger partial charge in [-0.25, -0.2) is 0 Å². The summed E-state index contributed by atoms with van der Waals surface area (Å²) >= 11 is 1.76. The SMILES string of the molecule is COC(=O)CCCNCc1cc(-c2ccccc2)cs1. The third kappa shape index (κ3) is 4.47. The van der Waals surface area contributed by atoms with E-state index in [0.29, 0.717) is 6.42 Å². The second-order valence-electron chi connectivity index (χ2n) is 4.52. The van der Waals surface area contributed by atoms with E-state index >= 15 is 0 Å². The number of carbonyl (C=O) groups excluding carboxylic acids is 1. The summed E-state index contributed by atoms with van der Waals surface area (Å²) in [6.07, 6.45) is 1.28. The predicted octanol–water partition coefficient (Wildman–Crippen LogP) is 3.46. The first-order valence-corrected chi connectivity index (χ1v) is 7.58. The van der Waals surface area contributed by atoms with E-state index in [1.165, 1.54) is 23.1 Å². The van der Waals surface area contributed by atoms with Crippen LogP contribution in [-0.4, -0.2) is 19.6 Å². The van der Waals surface area contributed by atoms with Gasteiger partial charge in [0.25, 0.3) is 0 Å². The van der Waals surface area contributed by atoms with Crippen molar-refractivity contribution in [3.05, 3.63) is 46.7 Å². The van der Waals surface area contributed by atoms with E-state index in [2.05, 4.69) is 45.8 Å². The van der Waals surface area contributed by atoms with Crippen LogP contribution >= 0.6 is 11.3 Å². The van der Waals surface area contributed by atoms with Gasteiger partial charge in [0, 0.05) is 17.8 Å². The van der Waals surface area contributed by atoms with Crippen LogP contribution in [0.4, 0.5) is 0 Å². The molecule has 0 atom stereocenters. The fourth-order valence-corrected chi connectivity index (χ4v) is 2.79. The van der Waals surface area contributed by atoms with Crippen molar-refractivity contribution < 1.29 is 9.53 Å². The monoisotopic (exact) mass is 289 g/mol. The average Bonchev–Trinajstić information content (AvgIpc) is 2.96. The number of carbonyl (C=O) groups is 1. The van der Waals surface area contributed by atoms with E-state index in [1.54, 1.807) is 11.3 Å². The summed E-state index contributed by atoms with van der Waals surface area (Å²) in [5.41, 5.74) is 2.52. The van der Waals surface area contributed by atoms with Crippen LogP contribution in [0, 0.1) is 0 Å². The van der Waals surface area contributed by atoms with Crippen molar-refractivity contribution >= 4 is 17.3 Å². The van der Waals surface area contributed by atoms with Crippen molar-refractivity contribution in [2.75, 3.05) is 13.7 Å². The van der Waals surface area contributed by atoms with Gasteiger partial charge in [-0.15, -0.1) is 11.3 Å². The molecule has 20 heavy (non-hydrogen) atoms. The van der Waals surface area contributed by atoms with Gasteiger partial charge in [0.05, 0.1) is 7.11 Å². The number of thiophene rings is 1. The lowest BCUT2D eigenvalue weighted by atomic mass is 10.1. The molecular formula is C16H19NO2S. The fraction of sp³-hybridized carbons (Fsp3) is 0.312. The zero-order chi connectivity index (χ0) is 14.2. The molecule has 4 heteroatoms. The van der Waals surface area contributed by atoms with Crippen LogP contribution < -0.4 is 5.32 Å². The summed E-state index contributed by atoms with van der Waals surface area (Å²) in [4.78, 5) is 12.3. The average molecular weight is 289 g/mol. The molecule has 0 aliphatic heterocycles. The lowest BCUT2D eigenvalue weighted by Crippen LogP contribution is -2.15. The molecule has 0 saturated carbocycles. The van der Waals surface area contributed by atoms with Crippen LogP contribution in [0.25, 0.3) is 11.1 Å². The van der Waals surface area contributed by atoms with Gasteiger partial charge in [-0.1, -0.05) is 30.3 Å². The second-order valence-corrected chi connectivity index (χ2v) is 5.52. The molecule has 1 aromatic heterocycles. The number of benzene rings is 1. The smallest absolute Gasteiger partial charge is 0.305 e. The Morgan fingerprint density at radius 2 is 2.05 bits per heavy atom. The lowest BCUT2D eigenvalue weighted by molar-refractivity contribution is -0.140. The summed E-state index contributed by atoms with van der Waals surface area (Å²) in [5.74, 6) is -0.144. The largest absolute Gasteiger partial charge is 0.469 e. The first-order chi connectivity index (χ1) is 9.79. The first kappa shape index (κ1) is 14.8. The van der Waals surface area contributed by atoms with Gasteiger partial charge >= 0.3 is 5.97 Å². The van der Waals surface area contributed by atoms with Crippen molar-refractivity contribution in [1.29, 1.82) is 0 Å². The highest BCUT2D eigenvalue weighted by Gasteiger charge is 2.02. The minimum atomic E-state index is -0.144. The minimum absolute atomic E-state index is 0.144. The van der Waals surface area contributed by atoms with Crippen LogP contribution in [0.15, 0.2) is 41.8 Å². The Labute approximate surface area is 123 Å². The topological polar surface area (TPSA) is 38.3 Å². The predicted molar refractivity (Wildman–Crippen MR) is 82.7 cm³/mol. The number of ether oxygens (including phenoxy) is 1. The molecule has 1 N–H and O–H groups in total. The van der Waals surface area contributed by atoms with E-state index < -0.39 is 0 Å². The Kier molecular flexibility index (Phi) is 5.77. The maximum absolute atomic E-state index is 11.0. The normalized spacial score (nSPS) is 10.4. The molecule has 0 aliphatic carbocycles. The third-order valence-electron chi connectivity index (χ3n) is 3.02. The van der Waals surface area contributed by atoms with Crippen LogP contribution in [-0.2, 0) is 16.1 Å².